The monoisotopic (exact) mass is 229 g/mol. The Bertz CT molecular complexity index is 271. The molecule has 0 radical (unpaired) electrons. The average Bonchev–Trinajstić information content (AvgIpc) is 2.11. The first-order valence-electron chi connectivity index (χ1n) is 4.94. The van der Waals surface area contributed by atoms with Gasteiger partial charge in [0.05, 0.1) is 0 Å². The molecule has 0 rings (SSSR count). The van der Waals surface area contributed by atoms with Crippen LogP contribution in [-0.2, 0) is 4.74 Å². The van der Waals surface area contributed by atoms with Crippen molar-refractivity contribution in [2.24, 2.45) is 5.73 Å². The van der Waals surface area contributed by atoms with Crippen LogP contribution in [0.4, 0.5) is 9.59 Å². The molecule has 6 heteroatoms. The first-order chi connectivity index (χ1) is 7.31. The van der Waals surface area contributed by atoms with E-state index < -0.39 is 17.7 Å². The van der Waals surface area contributed by atoms with Crippen LogP contribution in [0.3, 0.4) is 0 Å². The van der Waals surface area contributed by atoms with E-state index in [2.05, 4.69) is 11.9 Å². The lowest BCUT2D eigenvalue weighted by atomic mass is 10.2. The number of rotatable bonds is 3. The Morgan fingerprint density at radius 1 is 1.50 bits per heavy atom. The molecule has 0 spiro atoms. The van der Waals surface area contributed by atoms with Gasteiger partial charge in [-0.2, -0.15) is 0 Å². The van der Waals surface area contributed by atoms with Crippen LogP contribution in [-0.4, -0.2) is 35.7 Å². The molecule has 0 aliphatic heterocycles. The lowest BCUT2D eigenvalue weighted by Gasteiger charge is -2.25. The van der Waals surface area contributed by atoms with Gasteiger partial charge in [-0.15, -0.1) is 0 Å². The second-order valence-electron chi connectivity index (χ2n) is 4.07. The molecular weight excluding hydrogens is 210 g/mol. The zero-order chi connectivity index (χ0) is 12.8. The Hall–Kier alpha value is -1.56. The summed E-state index contributed by atoms with van der Waals surface area (Å²) in [5.41, 5.74) is 4.66. The maximum Gasteiger partial charge on any atom is 0.418 e. The minimum Gasteiger partial charge on any atom is -0.443 e. The molecule has 0 aliphatic carbocycles. The van der Waals surface area contributed by atoms with Gasteiger partial charge in [-0.05, 0) is 27.0 Å². The van der Waals surface area contributed by atoms with E-state index in [1.165, 1.54) is 6.20 Å². The van der Waals surface area contributed by atoms with Crippen molar-refractivity contribution in [2.45, 2.75) is 26.4 Å². The molecule has 0 fully saturated rings. The van der Waals surface area contributed by atoms with E-state index in [1.54, 1.807) is 20.8 Å². The van der Waals surface area contributed by atoms with Gasteiger partial charge >= 0.3 is 12.1 Å². The molecule has 0 heterocycles. The highest BCUT2D eigenvalue weighted by Crippen LogP contribution is 2.09. The molecule has 0 bridgehead atoms. The van der Waals surface area contributed by atoms with Crippen LogP contribution in [0.5, 0.6) is 0 Å². The molecule has 0 aromatic carbocycles. The van der Waals surface area contributed by atoms with Crippen LogP contribution in [0.2, 0.25) is 0 Å². The minimum atomic E-state index is -0.725. The summed E-state index contributed by atoms with van der Waals surface area (Å²) in [6.07, 6.45) is 0.466. The molecule has 6 nitrogen and oxygen atoms in total. The molecule has 0 aliphatic rings. The molecular formula is C10H19N3O3. The second-order valence-corrected chi connectivity index (χ2v) is 4.07. The number of imide groups is 1. The molecule has 0 aromatic rings. The summed E-state index contributed by atoms with van der Waals surface area (Å²) in [6, 6.07) is -0.602. The zero-order valence-electron chi connectivity index (χ0n) is 9.95. The summed E-state index contributed by atoms with van der Waals surface area (Å²) in [5, 5.41) is 2.29. The average molecular weight is 229 g/mol. The number of carbonyl (C=O) groups excluding carboxylic acids is 2. The fraction of sp³-hybridized carbons (Fsp3) is 0.600. The van der Waals surface area contributed by atoms with E-state index in [0.717, 1.165) is 4.90 Å². The van der Waals surface area contributed by atoms with Crippen molar-refractivity contribution in [1.29, 1.82) is 0 Å². The number of nitrogens with zero attached hydrogens (tertiary/aromatic N) is 1. The summed E-state index contributed by atoms with van der Waals surface area (Å²) in [6.45, 7) is 8.75. The predicted octanol–water partition coefficient (Wildman–Crippen LogP) is 1.04. The van der Waals surface area contributed by atoms with Crippen LogP contribution < -0.4 is 11.1 Å². The standard InChI is InChI=1S/C10H19N3O3/c1-5-12-8(14)13(7-6-11)9(15)16-10(2,3)4/h5H,1,6-7,11H2,2-4H3,(H,12,14). The predicted molar refractivity (Wildman–Crippen MR) is 60.7 cm³/mol. The molecule has 3 N–H and O–H groups in total. The molecule has 3 amide bonds. The largest absolute Gasteiger partial charge is 0.443 e. The van der Waals surface area contributed by atoms with Gasteiger partial charge in [-0.25, -0.2) is 14.5 Å². The zero-order valence-corrected chi connectivity index (χ0v) is 9.95. The summed E-state index contributed by atoms with van der Waals surface area (Å²) < 4.78 is 5.06. The smallest absolute Gasteiger partial charge is 0.418 e. The van der Waals surface area contributed by atoms with Gasteiger partial charge < -0.3 is 15.8 Å². The highest BCUT2D eigenvalue weighted by atomic mass is 16.6. The molecule has 16 heavy (non-hydrogen) atoms. The fourth-order valence-electron chi connectivity index (χ4n) is 0.887. The van der Waals surface area contributed by atoms with Gasteiger partial charge in [0.1, 0.15) is 5.60 Å². The van der Waals surface area contributed by atoms with Gasteiger partial charge in [-0.3, -0.25) is 0 Å². The lowest BCUT2D eigenvalue weighted by Crippen LogP contribution is -2.46. The number of hydrogen-bond donors (Lipinski definition) is 2. The number of nitrogens with two attached hydrogens (primary N) is 1. The summed E-state index contributed by atoms with van der Waals surface area (Å²) in [4.78, 5) is 24.0. The van der Waals surface area contributed by atoms with Crippen molar-refractivity contribution >= 4 is 12.1 Å². The van der Waals surface area contributed by atoms with Crippen LogP contribution >= 0.6 is 0 Å². The summed E-state index contributed by atoms with van der Waals surface area (Å²) >= 11 is 0. The van der Waals surface area contributed by atoms with Crippen molar-refractivity contribution in [1.82, 2.24) is 10.2 Å². The second kappa shape index (κ2) is 6.12. The van der Waals surface area contributed by atoms with E-state index >= 15 is 0 Å². The van der Waals surface area contributed by atoms with E-state index in [0.29, 0.717) is 0 Å². The molecule has 0 aromatic heterocycles. The molecule has 0 atom stereocenters. The molecule has 0 saturated heterocycles. The first-order valence-corrected chi connectivity index (χ1v) is 4.94. The van der Waals surface area contributed by atoms with Gasteiger partial charge in [-0.1, -0.05) is 6.58 Å². The van der Waals surface area contributed by atoms with Crippen molar-refractivity contribution in [2.75, 3.05) is 13.1 Å². The number of amides is 3. The molecule has 0 saturated carbocycles. The minimum absolute atomic E-state index is 0.0919. The topological polar surface area (TPSA) is 84.7 Å². The normalized spacial score (nSPS) is 10.5. The number of urea groups is 1. The maximum atomic E-state index is 11.6. The Morgan fingerprint density at radius 2 is 2.06 bits per heavy atom. The Labute approximate surface area is 95.4 Å². The third-order valence-corrected chi connectivity index (χ3v) is 1.44. The van der Waals surface area contributed by atoms with Gasteiger partial charge in [0.2, 0.25) is 0 Å². The van der Waals surface area contributed by atoms with Crippen LogP contribution in [0, 0.1) is 0 Å². The van der Waals surface area contributed by atoms with Crippen molar-refractivity contribution < 1.29 is 14.3 Å². The van der Waals surface area contributed by atoms with Crippen molar-refractivity contribution in [3.05, 3.63) is 12.8 Å². The quantitative estimate of drug-likeness (QED) is 0.757. The van der Waals surface area contributed by atoms with Crippen molar-refractivity contribution in [3.8, 4) is 0 Å². The number of carbonyl (C=O) groups is 2. The SMILES string of the molecule is C=CNC(=O)N(CCN)C(=O)OC(C)(C)C. The number of nitrogens with one attached hydrogen (secondary N) is 1. The lowest BCUT2D eigenvalue weighted by molar-refractivity contribution is 0.0328. The van der Waals surface area contributed by atoms with E-state index in [1.807, 2.05) is 0 Å². The Morgan fingerprint density at radius 3 is 2.44 bits per heavy atom. The highest BCUT2D eigenvalue weighted by molar-refractivity contribution is 5.91. The maximum absolute atomic E-state index is 11.6. The molecule has 0 unspecified atom stereocenters. The number of hydrogen-bond acceptors (Lipinski definition) is 4. The van der Waals surface area contributed by atoms with E-state index in [-0.39, 0.29) is 13.1 Å². The van der Waals surface area contributed by atoms with Crippen molar-refractivity contribution in [3.63, 3.8) is 0 Å². The summed E-state index contributed by atoms with van der Waals surface area (Å²) in [7, 11) is 0. The Kier molecular flexibility index (Phi) is 5.52. The third kappa shape index (κ3) is 5.35. The van der Waals surface area contributed by atoms with Crippen LogP contribution in [0.25, 0.3) is 0 Å². The van der Waals surface area contributed by atoms with Gasteiger partial charge in [0.15, 0.2) is 0 Å². The fourth-order valence-corrected chi connectivity index (χ4v) is 0.887. The highest BCUT2D eigenvalue weighted by Gasteiger charge is 2.25. The third-order valence-electron chi connectivity index (χ3n) is 1.44. The Balaban J connectivity index is 4.58. The van der Waals surface area contributed by atoms with E-state index in [9.17, 15) is 9.59 Å². The van der Waals surface area contributed by atoms with Crippen LogP contribution in [0.1, 0.15) is 20.8 Å². The van der Waals surface area contributed by atoms with Crippen LogP contribution in [0.15, 0.2) is 12.8 Å². The molecule has 92 valence electrons. The number of ether oxygens (including phenoxy) is 1. The summed E-state index contributed by atoms with van der Waals surface area (Å²) in [5.74, 6) is 0. The van der Waals surface area contributed by atoms with Gasteiger partial charge in [0, 0.05) is 13.1 Å². The first kappa shape index (κ1) is 14.4. The van der Waals surface area contributed by atoms with E-state index in [4.69, 9.17) is 10.5 Å². The van der Waals surface area contributed by atoms with Gasteiger partial charge in [0.25, 0.3) is 0 Å².